The molecule has 0 spiro atoms. The fraction of sp³-hybridized carbons (Fsp3) is 0.571. The molecule has 2 saturated heterocycles. The van der Waals surface area contributed by atoms with Crippen molar-refractivity contribution in [3.8, 4) is 0 Å². The summed E-state index contributed by atoms with van der Waals surface area (Å²) in [5.41, 5.74) is 4.56. The van der Waals surface area contributed by atoms with Gasteiger partial charge in [0.25, 0.3) is 5.56 Å². The fourth-order valence-electron chi connectivity index (χ4n) is 6.20. The van der Waals surface area contributed by atoms with Crippen LogP contribution >= 0.6 is 11.3 Å². The molecule has 3 aliphatic heterocycles. The third-order valence-corrected chi connectivity index (χ3v) is 9.20. The van der Waals surface area contributed by atoms with Gasteiger partial charge in [-0.3, -0.25) is 19.4 Å². The zero-order valence-corrected chi connectivity index (χ0v) is 22.3. The molecule has 1 unspecified atom stereocenters. The van der Waals surface area contributed by atoms with Crippen LogP contribution in [0.4, 0.5) is 0 Å². The molecule has 198 valence electrons. The molecule has 5 heterocycles. The molecule has 2 fully saturated rings. The first-order chi connectivity index (χ1) is 18.0. The summed E-state index contributed by atoms with van der Waals surface area (Å²) in [7, 11) is 0. The highest BCUT2D eigenvalue weighted by molar-refractivity contribution is 7.10. The molecule has 2 aromatic heterocycles. The van der Waals surface area contributed by atoms with Gasteiger partial charge in [-0.25, -0.2) is 0 Å². The number of nitrogens with one attached hydrogen (secondary N) is 1. The predicted molar refractivity (Wildman–Crippen MR) is 143 cm³/mol. The smallest absolute Gasteiger partial charge is 0.251 e. The second-order valence-electron chi connectivity index (χ2n) is 10.7. The van der Waals surface area contributed by atoms with Crippen molar-refractivity contribution in [1.29, 1.82) is 0 Å². The monoisotopic (exact) mass is 524 g/mol. The number of fused-ring (bicyclic) bond motifs is 2. The van der Waals surface area contributed by atoms with Crippen LogP contribution in [0.25, 0.3) is 0 Å². The van der Waals surface area contributed by atoms with Gasteiger partial charge in [0.2, 0.25) is 5.91 Å². The van der Waals surface area contributed by atoms with Crippen LogP contribution in [-0.4, -0.2) is 71.8 Å². The Labute approximate surface area is 221 Å². The molecule has 37 heavy (non-hydrogen) atoms. The van der Waals surface area contributed by atoms with Gasteiger partial charge in [0, 0.05) is 74.8 Å². The molecule has 2 aromatic rings. The first-order valence-electron chi connectivity index (χ1n) is 13.5. The minimum Gasteiger partial charge on any atom is -0.381 e. The highest BCUT2D eigenvalue weighted by Gasteiger charge is 2.36. The molecule has 1 amide bonds. The third-order valence-electron chi connectivity index (χ3n) is 8.15. The van der Waals surface area contributed by atoms with Crippen molar-refractivity contribution >= 4 is 17.2 Å². The number of hydrogen-bond acceptors (Lipinski definition) is 7. The van der Waals surface area contributed by atoms with Crippen molar-refractivity contribution < 1.29 is 14.3 Å². The molecule has 0 bridgehead atoms. The van der Waals surface area contributed by atoms with Crippen molar-refractivity contribution in [3.63, 3.8) is 0 Å². The van der Waals surface area contributed by atoms with Crippen LogP contribution in [0.3, 0.4) is 0 Å². The maximum Gasteiger partial charge on any atom is 0.251 e. The topological polar surface area (TPSA) is 76.0 Å². The lowest BCUT2D eigenvalue weighted by molar-refractivity contribution is -0.121. The molecule has 1 aliphatic carbocycles. The Morgan fingerprint density at radius 3 is 2.92 bits per heavy atom. The largest absolute Gasteiger partial charge is 0.381 e. The summed E-state index contributed by atoms with van der Waals surface area (Å²) in [5.74, 6) is -0.0272. The van der Waals surface area contributed by atoms with Crippen molar-refractivity contribution in [1.82, 2.24) is 19.7 Å². The average molecular weight is 525 g/mol. The van der Waals surface area contributed by atoms with E-state index in [1.165, 1.54) is 10.4 Å². The van der Waals surface area contributed by atoms with Gasteiger partial charge in [-0.05, 0) is 66.8 Å². The molecule has 0 saturated carbocycles. The van der Waals surface area contributed by atoms with Gasteiger partial charge < -0.3 is 19.4 Å². The van der Waals surface area contributed by atoms with Gasteiger partial charge in [0.1, 0.15) is 0 Å². The Balaban J connectivity index is 1.11. The van der Waals surface area contributed by atoms with Crippen LogP contribution in [0.5, 0.6) is 0 Å². The van der Waals surface area contributed by atoms with E-state index in [9.17, 15) is 9.59 Å². The maximum atomic E-state index is 12.9. The number of carbonyl (C=O) groups excluding carboxylic acids is 1. The molecule has 6 rings (SSSR count). The standard InChI is InChI=1S/C28H36N4O4S/c1-19-12-23-16-30(7-8-32(23)27(34)13-19)18-26(33)29-14-21-15-31(22-4-9-35-10-5-22)17-25(21)36-24-3-2-20-6-11-37-28(20)24/h6,11-14,22,24-25H,2-5,7-10,15-18H2,1H3,(H,29,33)/t24?,25-/m0/s1. The highest BCUT2D eigenvalue weighted by atomic mass is 32.1. The molecule has 8 nitrogen and oxygen atoms in total. The first-order valence-corrected chi connectivity index (χ1v) is 14.4. The summed E-state index contributed by atoms with van der Waals surface area (Å²) in [6.07, 6.45) is 6.25. The number of thiophene rings is 1. The SMILES string of the molecule is Cc1cc2n(c(=O)c1)CCN(CC(=O)NC=C1CN(C3CCOCC3)C[C@@H]1OC1CCc3ccsc31)C2. The van der Waals surface area contributed by atoms with Crippen LogP contribution < -0.4 is 10.9 Å². The number of likely N-dealkylation sites (tertiary alicyclic amines) is 1. The van der Waals surface area contributed by atoms with Crippen molar-refractivity contribution in [2.75, 3.05) is 39.4 Å². The van der Waals surface area contributed by atoms with E-state index in [-0.39, 0.29) is 23.7 Å². The summed E-state index contributed by atoms with van der Waals surface area (Å²) >= 11 is 1.80. The lowest BCUT2D eigenvalue weighted by Gasteiger charge is -2.30. The Bertz CT molecular complexity index is 1230. The number of hydrogen-bond donors (Lipinski definition) is 1. The summed E-state index contributed by atoms with van der Waals surface area (Å²) in [6, 6.07) is 6.44. The molecule has 0 aromatic carbocycles. The van der Waals surface area contributed by atoms with Gasteiger partial charge in [0.15, 0.2) is 0 Å². The number of aryl methyl sites for hydroxylation is 2. The first kappa shape index (κ1) is 25.0. The Morgan fingerprint density at radius 1 is 1.19 bits per heavy atom. The molecular weight excluding hydrogens is 488 g/mol. The van der Waals surface area contributed by atoms with E-state index in [1.807, 2.05) is 23.8 Å². The van der Waals surface area contributed by atoms with E-state index in [0.29, 0.717) is 32.2 Å². The molecule has 4 aliphatic rings. The second kappa shape index (κ2) is 10.8. The van der Waals surface area contributed by atoms with E-state index in [1.54, 1.807) is 17.4 Å². The number of ether oxygens (including phenoxy) is 2. The minimum atomic E-state index is -0.0272. The van der Waals surface area contributed by atoms with Crippen molar-refractivity contribution in [2.45, 2.75) is 63.9 Å². The molecular formula is C28H36N4O4S. The van der Waals surface area contributed by atoms with Crippen LogP contribution in [0.1, 0.15) is 47.1 Å². The summed E-state index contributed by atoms with van der Waals surface area (Å²) in [4.78, 5) is 31.2. The number of nitrogens with zero attached hydrogens (tertiary/aromatic N) is 3. The van der Waals surface area contributed by atoms with Crippen LogP contribution in [0, 0.1) is 6.92 Å². The molecule has 1 N–H and O–H groups in total. The average Bonchev–Trinajstić information content (AvgIpc) is 3.61. The lowest BCUT2D eigenvalue weighted by atomic mass is 10.1. The third kappa shape index (κ3) is 5.47. The van der Waals surface area contributed by atoms with Gasteiger partial charge in [-0.1, -0.05) is 0 Å². The van der Waals surface area contributed by atoms with E-state index < -0.39 is 0 Å². The predicted octanol–water partition coefficient (Wildman–Crippen LogP) is 2.60. The zero-order valence-electron chi connectivity index (χ0n) is 21.5. The zero-order chi connectivity index (χ0) is 25.4. The number of carbonyl (C=O) groups is 1. The van der Waals surface area contributed by atoms with E-state index in [4.69, 9.17) is 9.47 Å². The summed E-state index contributed by atoms with van der Waals surface area (Å²) < 4.78 is 14.1. The summed E-state index contributed by atoms with van der Waals surface area (Å²) in [6.45, 7) is 7.47. The number of pyridine rings is 1. The van der Waals surface area contributed by atoms with Gasteiger partial charge in [-0.15, -0.1) is 11.3 Å². The number of aromatic nitrogens is 1. The van der Waals surface area contributed by atoms with Crippen molar-refractivity contribution in [3.05, 3.63) is 67.4 Å². The normalized spacial score (nSPS) is 25.9. The van der Waals surface area contributed by atoms with Crippen LogP contribution in [0.2, 0.25) is 0 Å². The van der Waals surface area contributed by atoms with Gasteiger partial charge in [-0.2, -0.15) is 0 Å². The van der Waals surface area contributed by atoms with E-state index in [2.05, 4.69) is 26.6 Å². The quantitative estimate of drug-likeness (QED) is 0.626. The van der Waals surface area contributed by atoms with Gasteiger partial charge in [0.05, 0.1) is 18.8 Å². The Kier molecular flexibility index (Phi) is 7.31. The van der Waals surface area contributed by atoms with Crippen LogP contribution in [-0.2, 0) is 33.8 Å². The number of amides is 1. The highest BCUT2D eigenvalue weighted by Crippen LogP contribution is 2.40. The number of rotatable bonds is 6. The Morgan fingerprint density at radius 2 is 2.05 bits per heavy atom. The Hall–Kier alpha value is -2.30. The second-order valence-corrected chi connectivity index (χ2v) is 11.7. The minimum absolute atomic E-state index is 0.0158. The maximum absolute atomic E-state index is 12.9. The molecule has 0 radical (unpaired) electrons. The fourth-order valence-corrected chi connectivity index (χ4v) is 7.22. The molecule has 9 heteroatoms. The van der Waals surface area contributed by atoms with Crippen LogP contribution in [0.15, 0.2) is 40.1 Å². The van der Waals surface area contributed by atoms with E-state index >= 15 is 0 Å². The van der Waals surface area contributed by atoms with E-state index in [0.717, 1.165) is 68.8 Å². The summed E-state index contributed by atoms with van der Waals surface area (Å²) in [5, 5.41) is 5.23. The van der Waals surface area contributed by atoms with Gasteiger partial charge >= 0.3 is 0 Å². The van der Waals surface area contributed by atoms with Crippen molar-refractivity contribution in [2.24, 2.45) is 0 Å². The lowest BCUT2D eigenvalue weighted by Crippen LogP contribution is -2.43. The molecule has 2 atom stereocenters.